The second-order valence-electron chi connectivity index (χ2n) is 7.39. The van der Waals surface area contributed by atoms with E-state index in [0.717, 1.165) is 25.7 Å². The summed E-state index contributed by atoms with van der Waals surface area (Å²) < 4.78 is 11.5. The average Bonchev–Trinajstić information content (AvgIpc) is 2.93. The Morgan fingerprint density at radius 3 is 2.47 bits per heavy atom. The van der Waals surface area contributed by atoms with E-state index in [1.54, 1.807) is 24.3 Å². The highest BCUT2D eigenvalue weighted by atomic mass is 16.5. The Labute approximate surface area is 175 Å². The van der Waals surface area contributed by atoms with Crippen LogP contribution < -0.4 is 10.1 Å². The van der Waals surface area contributed by atoms with E-state index in [0.29, 0.717) is 47.7 Å². The molecule has 2 amide bonds. The van der Waals surface area contributed by atoms with Crippen LogP contribution in [0, 0.1) is 0 Å². The van der Waals surface area contributed by atoms with Crippen LogP contribution in [0.2, 0.25) is 0 Å². The van der Waals surface area contributed by atoms with Crippen molar-refractivity contribution >= 4 is 28.5 Å². The predicted molar refractivity (Wildman–Crippen MR) is 116 cm³/mol. The molecule has 1 aromatic heterocycles. The summed E-state index contributed by atoms with van der Waals surface area (Å²) in [5.41, 5.74) is 1.40. The number of carbonyl (C=O) groups is 2. The van der Waals surface area contributed by atoms with E-state index in [4.69, 9.17) is 9.15 Å². The molecule has 1 saturated heterocycles. The molecule has 3 aromatic rings. The minimum absolute atomic E-state index is 0.179. The fraction of sp³-hybridized carbons (Fsp3) is 0.333. The molecule has 1 N–H and O–H groups in total. The Kier molecular flexibility index (Phi) is 6.02. The van der Waals surface area contributed by atoms with Crippen LogP contribution in [0.5, 0.6) is 5.75 Å². The predicted octanol–water partition coefficient (Wildman–Crippen LogP) is 5.10. The van der Waals surface area contributed by atoms with Crippen molar-refractivity contribution in [2.45, 2.75) is 32.6 Å². The fourth-order valence-corrected chi connectivity index (χ4v) is 3.85. The number of likely N-dealkylation sites (tertiary alicyclic amines) is 1. The number of rotatable bonds is 5. The Balaban J connectivity index is 1.70. The Morgan fingerprint density at radius 2 is 1.70 bits per heavy atom. The lowest BCUT2D eigenvalue weighted by atomic mass is 10.1. The van der Waals surface area contributed by atoms with Gasteiger partial charge in [0.1, 0.15) is 17.0 Å². The zero-order chi connectivity index (χ0) is 20.9. The molecule has 0 aliphatic carbocycles. The molecule has 0 bridgehead atoms. The van der Waals surface area contributed by atoms with Crippen LogP contribution in [0.15, 0.2) is 52.9 Å². The molecule has 0 radical (unpaired) electrons. The molecule has 1 fully saturated rings. The van der Waals surface area contributed by atoms with Gasteiger partial charge in [-0.15, -0.1) is 0 Å². The van der Waals surface area contributed by atoms with E-state index >= 15 is 0 Å². The number of furan rings is 1. The Hall–Kier alpha value is -3.28. The van der Waals surface area contributed by atoms with Crippen molar-refractivity contribution in [3.05, 3.63) is 59.9 Å². The quantitative estimate of drug-likeness (QED) is 0.640. The minimum atomic E-state index is -0.337. The lowest BCUT2D eigenvalue weighted by Gasteiger charge is -2.19. The van der Waals surface area contributed by atoms with Gasteiger partial charge in [0, 0.05) is 18.5 Å². The highest BCUT2D eigenvalue weighted by Gasteiger charge is 2.27. The van der Waals surface area contributed by atoms with Gasteiger partial charge in [-0.25, -0.2) is 0 Å². The van der Waals surface area contributed by atoms with E-state index in [1.807, 2.05) is 36.1 Å². The van der Waals surface area contributed by atoms with Crippen LogP contribution in [0.1, 0.15) is 53.5 Å². The number of nitrogens with zero attached hydrogens (tertiary/aromatic N) is 1. The van der Waals surface area contributed by atoms with E-state index in [1.165, 1.54) is 0 Å². The standard InChI is InChI=1S/C24H26N2O4/c1-2-29-19-13-7-6-12-18(19)23(27)25-21-17-11-5-8-14-20(17)30-22(21)24(28)26-15-9-3-4-10-16-26/h5-8,11-14H,2-4,9-10,15-16H2,1H3,(H,25,27). The van der Waals surface area contributed by atoms with Gasteiger partial charge in [-0.2, -0.15) is 0 Å². The number of anilines is 1. The first-order valence-electron chi connectivity index (χ1n) is 10.5. The van der Waals surface area contributed by atoms with Crippen molar-refractivity contribution in [1.29, 1.82) is 0 Å². The zero-order valence-corrected chi connectivity index (χ0v) is 17.1. The number of ether oxygens (including phenoxy) is 1. The molecule has 6 nitrogen and oxygen atoms in total. The number of fused-ring (bicyclic) bond motifs is 1. The average molecular weight is 406 g/mol. The second-order valence-corrected chi connectivity index (χ2v) is 7.39. The first kappa shape index (κ1) is 20.0. The van der Waals surface area contributed by atoms with E-state index in [-0.39, 0.29) is 17.6 Å². The lowest BCUT2D eigenvalue weighted by Crippen LogP contribution is -2.32. The molecule has 0 unspecified atom stereocenters. The first-order valence-corrected chi connectivity index (χ1v) is 10.5. The zero-order valence-electron chi connectivity index (χ0n) is 17.1. The SMILES string of the molecule is CCOc1ccccc1C(=O)Nc1c(C(=O)N2CCCCCC2)oc2ccccc12. The monoisotopic (exact) mass is 406 g/mol. The maximum Gasteiger partial charge on any atom is 0.291 e. The molecule has 4 rings (SSSR count). The maximum atomic E-state index is 13.3. The molecule has 0 spiro atoms. The highest BCUT2D eigenvalue weighted by molar-refractivity contribution is 6.15. The molecule has 30 heavy (non-hydrogen) atoms. The van der Waals surface area contributed by atoms with Crippen LogP contribution in [-0.2, 0) is 0 Å². The summed E-state index contributed by atoms with van der Waals surface area (Å²) in [6.45, 7) is 3.74. The van der Waals surface area contributed by atoms with Gasteiger partial charge in [0.05, 0.1) is 12.2 Å². The van der Waals surface area contributed by atoms with Gasteiger partial charge in [-0.3, -0.25) is 9.59 Å². The largest absolute Gasteiger partial charge is 0.493 e. The van der Waals surface area contributed by atoms with E-state index < -0.39 is 0 Å². The van der Waals surface area contributed by atoms with Crippen LogP contribution in [0.3, 0.4) is 0 Å². The molecule has 156 valence electrons. The number of para-hydroxylation sites is 2. The number of carbonyl (C=O) groups excluding carboxylic acids is 2. The van der Waals surface area contributed by atoms with Gasteiger partial charge in [0.25, 0.3) is 11.8 Å². The third kappa shape index (κ3) is 4.03. The minimum Gasteiger partial charge on any atom is -0.493 e. The van der Waals surface area contributed by atoms with E-state index in [9.17, 15) is 9.59 Å². The summed E-state index contributed by atoms with van der Waals surface area (Å²) in [4.78, 5) is 28.2. The summed E-state index contributed by atoms with van der Waals surface area (Å²) in [5, 5.41) is 3.63. The summed E-state index contributed by atoms with van der Waals surface area (Å²) in [6.07, 6.45) is 4.22. The first-order chi connectivity index (χ1) is 14.7. The number of hydrogen-bond acceptors (Lipinski definition) is 4. The summed E-state index contributed by atoms with van der Waals surface area (Å²) in [6, 6.07) is 14.4. The topological polar surface area (TPSA) is 71.8 Å². The number of nitrogens with one attached hydrogen (secondary N) is 1. The molecule has 0 atom stereocenters. The third-order valence-corrected chi connectivity index (χ3v) is 5.35. The van der Waals surface area contributed by atoms with Crippen molar-refractivity contribution in [3.8, 4) is 5.75 Å². The summed E-state index contributed by atoms with van der Waals surface area (Å²) in [7, 11) is 0. The summed E-state index contributed by atoms with van der Waals surface area (Å²) in [5.74, 6) is 0.169. The van der Waals surface area contributed by atoms with E-state index in [2.05, 4.69) is 5.32 Å². The molecular formula is C24H26N2O4. The molecule has 2 aromatic carbocycles. The van der Waals surface area contributed by atoms with Gasteiger partial charge in [0.2, 0.25) is 5.76 Å². The number of benzene rings is 2. The van der Waals surface area contributed by atoms with Crippen molar-refractivity contribution in [2.75, 3.05) is 25.0 Å². The summed E-state index contributed by atoms with van der Waals surface area (Å²) >= 11 is 0. The molecule has 2 heterocycles. The highest BCUT2D eigenvalue weighted by Crippen LogP contribution is 2.33. The molecule has 0 saturated carbocycles. The molecule has 1 aliphatic heterocycles. The maximum absolute atomic E-state index is 13.3. The van der Waals surface area contributed by atoms with Crippen molar-refractivity contribution in [3.63, 3.8) is 0 Å². The third-order valence-electron chi connectivity index (χ3n) is 5.35. The van der Waals surface area contributed by atoms with Crippen LogP contribution in [0.25, 0.3) is 11.0 Å². The van der Waals surface area contributed by atoms with Gasteiger partial charge in [-0.1, -0.05) is 37.1 Å². The smallest absolute Gasteiger partial charge is 0.291 e. The lowest BCUT2D eigenvalue weighted by molar-refractivity contribution is 0.0733. The van der Waals surface area contributed by atoms with Gasteiger partial charge >= 0.3 is 0 Å². The van der Waals surface area contributed by atoms with Crippen LogP contribution >= 0.6 is 0 Å². The van der Waals surface area contributed by atoms with Crippen molar-refractivity contribution < 1.29 is 18.7 Å². The van der Waals surface area contributed by atoms with Crippen LogP contribution in [-0.4, -0.2) is 36.4 Å². The van der Waals surface area contributed by atoms with Crippen molar-refractivity contribution in [1.82, 2.24) is 4.90 Å². The van der Waals surface area contributed by atoms with Crippen molar-refractivity contribution in [2.24, 2.45) is 0 Å². The Morgan fingerprint density at radius 1 is 1.00 bits per heavy atom. The van der Waals surface area contributed by atoms with Gasteiger partial charge < -0.3 is 19.4 Å². The molecular weight excluding hydrogens is 380 g/mol. The van der Waals surface area contributed by atoms with Crippen LogP contribution in [0.4, 0.5) is 5.69 Å². The molecule has 1 aliphatic rings. The number of amides is 2. The fourth-order valence-electron chi connectivity index (χ4n) is 3.85. The number of hydrogen-bond donors (Lipinski definition) is 1. The normalized spacial score (nSPS) is 14.4. The van der Waals surface area contributed by atoms with Gasteiger partial charge in [0.15, 0.2) is 0 Å². The second kappa shape index (κ2) is 9.03. The Bertz CT molecular complexity index is 1050. The molecule has 6 heteroatoms. The van der Waals surface area contributed by atoms with Gasteiger partial charge in [-0.05, 0) is 44.0 Å².